The lowest BCUT2D eigenvalue weighted by molar-refractivity contribution is -0.138. The molecular formula is C22H33N3O3. The molecule has 6 nitrogen and oxygen atoms in total. The van der Waals surface area contributed by atoms with Crippen molar-refractivity contribution in [3.8, 4) is 5.75 Å². The van der Waals surface area contributed by atoms with E-state index in [4.69, 9.17) is 4.74 Å². The van der Waals surface area contributed by atoms with Crippen molar-refractivity contribution < 1.29 is 14.3 Å². The maximum Gasteiger partial charge on any atom is 0.260 e. The lowest BCUT2D eigenvalue weighted by Crippen LogP contribution is -2.53. The summed E-state index contributed by atoms with van der Waals surface area (Å²) in [5.74, 6) is 1.000. The number of benzene rings is 1. The summed E-state index contributed by atoms with van der Waals surface area (Å²) >= 11 is 0. The first-order chi connectivity index (χ1) is 13.4. The summed E-state index contributed by atoms with van der Waals surface area (Å²) in [6.45, 7) is 10.4. The maximum atomic E-state index is 12.6. The Bertz CT molecular complexity index is 698. The van der Waals surface area contributed by atoms with Gasteiger partial charge in [-0.15, -0.1) is 0 Å². The molecule has 6 heteroatoms. The molecule has 0 bridgehead atoms. The van der Waals surface area contributed by atoms with Crippen molar-refractivity contribution in [1.29, 1.82) is 0 Å². The number of carbonyl (C=O) groups excluding carboxylic acids is 2. The number of piperazine rings is 1. The van der Waals surface area contributed by atoms with Crippen LogP contribution in [0.5, 0.6) is 5.75 Å². The number of rotatable bonds is 5. The molecule has 1 atom stereocenters. The Balaban J connectivity index is 1.41. The lowest BCUT2D eigenvalue weighted by Gasteiger charge is -2.38. The smallest absolute Gasteiger partial charge is 0.260 e. The van der Waals surface area contributed by atoms with Crippen molar-refractivity contribution >= 4 is 11.8 Å². The van der Waals surface area contributed by atoms with Gasteiger partial charge in [-0.3, -0.25) is 14.5 Å². The van der Waals surface area contributed by atoms with Crippen LogP contribution >= 0.6 is 0 Å². The molecule has 1 unspecified atom stereocenters. The molecule has 2 aliphatic heterocycles. The second-order valence-corrected chi connectivity index (χ2v) is 8.15. The van der Waals surface area contributed by atoms with Crippen molar-refractivity contribution in [1.82, 2.24) is 14.7 Å². The Labute approximate surface area is 168 Å². The van der Waals surface area contributed by atoms with Crippen molar-refractivity contribution in [2.45, 2.75) is 46.1 Å². The highest BCUT2D eigenvalue weighted by Crippen LogP contribution is 2.19. The summed E-state index contributed by atoms with van der Waals surface area (Å²) in [6.07, 6.45) is 3.43. The van der Waals surface area contributed by atoms with Gasteiger partial charge in [0.15, 0.2) is 6.61 Å². The number of piperidine rings is 1. The molecule has 2 saturated heterocycles. The minimum absolute atomic E-state index is 0.00982. The maximum absolute atomic E-state index is 12.6. The zero-order valence-electron chi connectivity index (χ0n) is 17.4. The van der Waals surface area contributed by atoms with Gasteiger partial charge in [0, 0.05) is 38.8 Å². The third-order valence-electron chi connectivity index (χ3n) is 5.89. The highest BCUT2D eigenvalue weighted by Gasteiger charge is 2.27. The van der Waals surface area contributed by atoms with Crippen LogP contribution in [0.15, 0.2) is 18.2 Å². The topological polar surface area (TPSA) is 53.1 Å². The van der Waals surface area contributed by atoms with Gasteiger partial charge >= 0.3 is 0 Å². The summed E-state index contributed by atoms with van der Waals surface area (Å²) in [4.78, 5) is 31.1. The van der Waals surface area contributed by atoms with Crippen LogP contribution in [0.1, 0.15) is 37.3 Å². The molecule has 0 radical (unpaired) electrons. The molecule has 28 heavy (non-hydrogen) atoms. The molecule has 0 spiro atoms. The zero-order valence-corrected chi connectivity index (χ0v) is 17.4. The molecule has 2 fully saturated rings. The summed E-state index contributed by atoms with van der Waals surface area (Å²) < 4.78 is 5.72. The SMILES string of the molecule is Cc1ccc(OCC(=O)N2CCN(CC(=O)N3CCCCC3C)CC2)c(C)c1. The van der Waals surface area contributed by atoms with Gasteiger partial charge in [-0.25, -0.2) is 0 Å². The van der Waals surface area contributed by atoms with Crippen molar-refractivity contribution in [3.05, 3.63) is 29.3 Å². The number of carbonyl (C=O) groups is 2. The van der Waals surface area contributed by atoms with Crippen LogP contribution in [0.3, 0.4) is 0 Å². The number of nitrogens with zero attached hydrogens (tertiary/aromatic N) is 3. The van der Waals surface area contributed by atoms with Crippen molar-refractivity contribution in [2.24, 2.45) is 0 Å². The van der Waals surface area contributed by atoms with Gasteiger partial charge in [-0.05, 0) is 51.7 Å². The normalized spacial score (nSPS) is 20.9. The second-order valence-electron chi connectivity index (χ2n) is 8.15. The van der Waals surface area contributed by atoms with E-state index in [1.807, 2.05) is 35.8 Å². The van der Waals surface area contributed by atoms with Crippen LogP contribution in [-0.4, -0.2) is 78.4 Å². The fraction of sp³-hybridized carbons (Fsp3) is 0.636. The molecular weight excluding hydrogens is 354 g/mol. The van der Waals surface area contributed by atoms with E-state index in [1.54, 1.807) is 0 Å². The third-order valence-corrected chi connectivity index (χ3v) is 5.89. The molecule has 0 N–H and O–H groups in total. The van der Waals surface area contributed by atoms with Crippen LogP contribution in [0, 0.1) is 13.8 Å². The van der Waals surface area contributed by atoms with Gasteiger partial charge in [0.2, 0.25) is 5.91 Å². The van der Waals surface area contributed by atoms with Gasteiger partial charge in [0.1, 0.15) is 5.75 Å². The van der Waals surface area contributed by atoms with Gasteiger partial charge < -0.3 is 14.5 Å². The monoisotopic (exact) mass is 387 g/mol. The van der Waals surface area contributed by atoms with Gasteiger partial charge in [-0.1, -0.05) is 17.7 Å². The first-order valence-corrected chi connectivity index (χ1v) is 10.4. The second kappa shape index (κ2) is 9.41. The van der Waals surface area contributed by atoms with Crippen LogP contribution in [0.2, 0.25) is 0 Å². The largest absolute Gasteiger partial charge is 0.484 e. The molecule has 2 aliphatic rings. The first-order valence-electron chi connectivity index (χ1n) is 10.4. The quantitative estimate of drug-likeness (QED) is 0.778. The van der Waals surface area contributed by atoms with E-state index >= 15 is 0 Å². The number of amides is 2. The van der Waals surface area contributed by atoms with Crippen LogP contribution in [-0.2, 0) is 9.59 Å². The van der Waals surface area contributed by atoms with Gasteiger partial charge in [-0.2, -0.15) is 0 Å². The fourth-order valence-corrected chi connectivity index (χ4v) is 4.10. The fourth-order valence-electron chi connectivity index (χ4n) is 4.10. The lowest BCUT2D eigenvalue weighted by atomic mass is 10.0. The van der Waals surface area contributed by atoms with Crippen LogP contribution in [0.25, 0.3) is 0 Å². The van der Waals surface area contributed by atoms with Gasteiger partial charge in [0.05, 0.1) is 6.54 Å². The standard InChI is InChI=1S/C22H33N3O3/c1-17-7-8-20(18(2)14-17)28-16-22(27)24-12-10-23(11-13-24)15-21(26)25-9-5-4-6-19(25)3/h7-8,14,19H,4-6,9-13,15-16H2,1-3H3. The molecule has 1 aromatic rings. The number of hydrogen-bond acceptors (Lipinski definition) is 4. The molecule has 3 rings (SSSR count). The molecule has 1 aromatic carbocycles. The molecule has 0 aromatic heterocycles. The van der Waals surface area contributed by atoms with E-state index in [0.717, 1.165) is 43.8 Å². The minimum Gasteiger partial charge on any atom is -0.484 e. The average molecular weight is 388 g/mol. The Hall–Kier alpha value is -2.08. The van der Waals surface area contributed by atoms with E-state index in [0.29, 0.717) is 25.7 Å². The molecule has 2 amide bonds. The summed E-state index contributed by atoms with van der Waals surface area (Å²) in [6, 6.07) is 6.32. The highest BCUT2D eigenvalue weighted by atomic mass is 16.5. The summed E-state index contributed by atoms with van der Waals surface area (Å²) in [5.41, 5.74) is 2.23. The zero-order chi connectivity index (χ0) is 20.1. The van der Waals surface area contributed by atoms with E-state index in [2.05, 4.69) is 17.9 Å². The molecule has 154 valence electrons. The number of ether oxygens (including phenoxy) is 1. The van der Waals surface area contributed by atoms with Crippen molar-refractivity contribution in [3.63, 3.8) is 0 Å². The van der Waals surface area contributed by atoms with E-state index in [1.165, 1.54) is 12.0 Å². The van der Waals surface area contributed by atoms with E-state index < -0.39 is 0 Å². The third kappa shape index (κ3) is 5.25. The number of hydrogen-bond donors (Lipinski definition) is 0. The van der Waals surface area contributed by atoms with Crippen molar-refractivity contribution in [2.75, 3.05) is 45.9 Å². The van der Waals surface area contributed by atoms with Gasteiger partial charge in [0.25, 0.3) is 5.91 Å². The van der Waals surface area contributed by atoms with E-state index in [-0.39, 0.29) is 18.4 Å². The van der Waals surface area contributed by atoms with Crippen LogP contribution in [0.4, 0.5) is 0 Å². The number of likely N-dealkylation sites (tertiary alicyclic amines) is 1. The molecule has 0 aliphatic carbocycles. The van der Waals surface area contributed by atoms with Crippen LogP contribution < -0.4 is 4.74 Å². The molecule has 2 heterocycles. The minimum atomic E-state index is 0.00982. The predicted molar refractivity (Wildman–Crippen MR) is 109 cm³/mol. The summed E-state index contributed by atoms with van der Waals surface area (Å²) in [7, 11) is 0. The Morgan fingerprint density at radius 2 is 1.79 bits per heavy atom. The Morgan fingerprint density at radius 1 is 1.04 bits per heavy atom. The Morgan fingerprint density at radius 3 is 2.46 bits per heavy atom. The van der Waals surface area contributed by atoms with E-state index in [9.17, 15) is 9.59 Å². The molecule has 0 saturated carbocycles. The summed E-state index contributed by atoms with van der Waals surface area (Å²) in [5, 5.41) is 0. The predicted octanol–water partition coefficient (Wildman–Crippen LogP) is 2.23. The Kier molecular flexibility index (Phi) is 6.94. The first kappa shape index (κ1) is 20.6. The average Bonchev–Trinajstić information content (AvgIpc) is 2.68. The highest BCUT2D eigenvalue weighted by molar-refractivity contribution is 5.79. The number of aryl methyl sites for hydroxylation is 2.